The van der Waals surface area contributed by atoms with Gasteiger partial charge >= 0.3 is 6.03 Å². The van der Waals surface area contributed by atoms with Crippen molar-refractivity contribution in [3.63, 3.8) is 0 Å². The second-order valence-corrected chi connectivity index (χ2v) is 6.30. The molecule has 108 valence electrons. The number of nitrogens with one attached hydrogen (secondary N) is 2. The number of carbonyl (C=O) groups is 1. The molecule has 2 N–H and O–H groups in total. The molecule has 1 aromatic carbocycles. The van der Waals surface area contributed by atoms with Crippen LogP contribution in [0, 0.1) is 5.41 Å². The lowest BCUT2D eigenvalue weighted by atomic mass is 9.78. The molecule has 3 rings (SSSR count). The third-order valence-electron chi connectivity index (χ3n) is 4.49. The van der Waals surface area contributed by atoms with Gasteiger partial charge < -0.3 is 15.5 Å². The van der Waals surface area contributed by atoms with E-state index in [2.05, 4.69) is 10.6 Å². The molecule has 2 saturated heterocycles. The molecule has 0 unspecified atom stereocenters. The normalized spacial score (nSPS) is 21.1. The zero-order valence-corrected chi connectivity index (χ0v) is 12.2. The van der Waals surface area contributed by atoms with Crippen LogP contribution in [-0.2, 0) is 0 Å². The monoisotopic (exact) mass is 293 g/mol. The lowest BCUT2D eigenvalue weighted by Crippen LogP contribution is -2.40. The average molecular weight is 294 g/mol. The Labute approximate surface area is 124 Å². The molecule has 2 amide bonds. The van der Waals surface area contributed by atoms with Crippen LogP contribution in [-0.4, -0.2) is 37.1 Å². The number of rotatable bonds is 1. The Hall–Kier alpha value is -1.26. The van der Waals surface area contributed by atoms with Crippen LogP contribution in [0.3, 0.4) is 0 Å². The fourth-order valence-electron chi connectivity index (χ4n) is 3.21. The maximum atomic E-state index is 12.3. The van der Waals surface area contributed by atoms with Gasteiger partial charge in [0.05, 0.1) is 0 Å². The highest BCUT2D eigenvalue weighted by Crippen LogP contribution is 2.38. The maximum Gasteiger partial charge on any atom is 0.321 e. The number of carbonyl (C=O) groups excluding carboxylic acids is 1. The van der Waals surface area contributed by atoms with Gasteiger partial charge in [0.25, 0.3) is 0 Å². The fraction of sp³-hybridized carbons (Fsp3) is 0.533. The van der Waals surface area contributed by atoms with Crippen LogP contribution in [0.2, 0.25) is 5.02 Å². The Balaban J connectivity index is 1.59. The number of likely N-dealkylation sites (tertiary alicyclic amines) is 1. The molecule has 0 saturated carbocycles. The maximum absolute atomic E-state index is 12.3. The number of piperidine rings is 1. The predicted octanol–water partition coefficient (Wildman–Crippen LogP) is 2.95. The van der Waals surface area contributed by atoms with Gasteiger partial charge in [-0.15, -0.1) is 0 Å². The topological polar surface area (TPSA) is 44.4 Å². The van der Waals surface area contributed by atoms with Gasteiger partial charge in [0, 0.05) is 23.8 Å². The number of halogens is 1. The van der Waals surface area contributed by atoms with Crippen molar-refractivity contribution in [1.82, 2.24) is 10.2 Å². The number of urea groups is 1. The van der Waals surface area contributed by atoms with Gasteiger partial charge in [0.2, 0.25) is 0 Å². The van der Waals surface area contributed by atoms with Crippen LogP contribution in [0.25, 0.3) is 0 Å². The Kier molecular flexibility index (Phi) is 3.85. The summed E-state index contributed by atoms with van der Waals surface area (Å²) in [5, 5.41) is 7.02. The first-order chi connectivity index (χ1) is 9.67. The summed E-state index contributed by atoms with van der Waals surface area (Å²) >= 11 is 5.84. The highest BCUT2D eigenvalue weighted by atomic mass is 35.5. The highest BCUT2D eigenvalue weighted by Gasteiger charge is 2.40. The number of nitrogens with zero attached hydrogens (tertiary/aromatic N) is 1. The lowest BCUT2D eigenvalue weighted by molar-refractivity contribution is 0.191. The Morgan fingerprint density at radius 3 is 2.60 bits per heavy atom. The number of amides is 2. The predicted molar refractivity (Wildman–Crippen MR) is 81.2 cm³/mol. The third kappa shape index (κ3) is 2.91. The SMILES string of the molecule is O=C(Nc1ccc(Cl)cc1)N1CCC2(CCNCC2)C1. The van der Waals surface area contributed by atoms with E-state index in [1.54, 1.807) is 12.1 Å². The van der Waals surface area contributed by atoms with E-state index < -0.39 is 0 Å². The summed E-state index contributed by atoms with van der Waals surface area (Å²) < 4.78 is 0. The molecular weight excluding hydrogens is 274 g/mol. The van der Waals surface area contributed by atoms with Gasteiger partial charge in [-0.3, -0.25) is 0 Å². The van der Waals surface area contributed by atoms with E-state index in [9.17, 15) is 4.79 Å². The van der Waals surface area contributed by atoms with Gasteiger partial charge in [-0.2, -0.15) is 0 Å². The van der Waals surface area contributed by atoms with E-state index >= 15 is 0 Å². The molecule has 2 heterocycles. The molecule has 2 fully saturated rings. The molecule has 0 aliphatic carbocycles. The third-order valence-corrected chi connectivity index (χ3v) is 4.74. The van der Waals surface area contributed by atoms with Gasteiger partial charge in [-0.25, -0.2) is 4.79 Å². The van der Waals surface area contributed by atoms with Gasteiger partial charge in [-0.1, -0.05) is 11.6 Å². The van der Waals surface area contributed by atoms with E-state index in [1.807, 2.05) is 17.0 Å². The van der Waals surface area contributed by atoms with Crippen molar-refractivity contribution in [2.45, 2.75) is 19.3 Å². The van der Waals surface area contributed by atoms with Gasteiger partial charge in [0.1, 0.15) is 0 Å². The molecule has 0 atom stereocenters. The summed E-state index contributed by atoms with van der Waals surface area (Å²) in [4.78, 5) is 14.2. The summed E-state index contributed by atoms with van der Waals surface area (Å²) in [7, 11) is 0. The second kappa shape index (κ2) is 5.62. The fourth-order valence-corrected chi connectivity index (χ4v) is 3.34. The molecule has 0 bridgehead atoms. The van der Waals surface area contributed by atoms with Crippen molar-refractivity contribution >= 4 is 23.3 Å². The summed E-state index contributed by atoms with van der Waals surface area (Å²) in [6.45, 7) is 3.90. The average Bonchev–Trinajstić information content (AvgIpc) is 2.86. The van der Waals surface area contributed by atoms with Crippen LogP contribution in [0.15, 0.2) is 24.3 Å². The van der Waals surface area contributed by atoms with Crippen LogP contribution in [0.1, 0.15) is 19.3 Å². The molecule has 20 heavy (non-hydrogen) atoms. The quantitative estimate of drug-likeness (QED) is 0.836. The molecule has 1 aromatic rings. The van der Waals surface area contributed by atoms with Gasteiger partial charge in [0.15, 0.2) is 0 Å². The Morgan fingerprint density at radius 2 is 1.90 bits per heavy atom. The first-order valence-corrected chi connectivity index (χ1v) is 7.57. The van der Waals surface area contributed by atoms with Crippen LogP contribution in [0.4, 0.5) is 10.5 Å². The van der Waals surface area contributed by atoms with E-state index in [4.69, 9.17) is 11.6 Å². The van der Waals surface area contributed by atoms with E-state index in [-0.39, 0.29) is 6.03 Å². The van der Waals surface area contributed by atoms with Crippen molar-refractivity contribution in [2.75, 3.05) is 31.5 Å². The minimum Gasteiger partial charge on any atom is -0.324 e. The van der Waals surface area contributed by atoms with Crippen LogP contribution >= 0.6 is 11.6 Å². The minimum absolute atomic E-state index is 0.00253. The number of benzene rings is 1. The smallest absolute Gasteiger partial charge is 0.321 e. The molecule has 4 nitrogen and oxygen atoms in total. The Bertz CT molecular complexity index is 482. The largest absolute Gasteiger partial charge is 0.324 e. The van der Waals surface area contributed by atoms with Crippen molar-refractivity contribution in [2.24, 2.45) is 5.41 Å². The molecule has 2 aliphatic heterocycles. The summed E-state index contributed by atoms with van der Waals surface area (Å²) in [6.07, 6.45) is 3.48. The first kappa shape index (κ1) is 13.7. The minimum atomic E-state index is 0.00253. The first-order valence-electron chi connectivity index (χ1n) is 7.19. The number of hydrogen-bond donors (Lipinski definition) is 2. The van der Waals surface area contributed by atoms with Crippen LogP contribution < -0.4 is 10.6 Å². The summed E-state index contributed by atoms with van der Waals surface area (Å²) in [5.74, 6) is 0. The zero-order chi connectivity index (χ0) is 14.0. The number of anilines is 1. The summed E-state index contributed by atoms with van der Waals surface area (Å²) in [6, 6.07) is 7.24. The highest BCUT2D eigenvalue weighted by molar-refractivity contribution is 6.30. The molecule has 1 spiro atoms. The van der Waals surface area contributed by atoms with Crippen molar-refractivity contribution in [1.29, 1.82) is 0 Å². The van der Waals surface area contributed by atoms with Crippen LogP contribution in [0.5, 0.6) is 0 Å². The van der Waals surface area contributed by atoms with Gasteiger partial charge in [-0.05, 0) is 62.0 Å². The Morgan fingerprint density at radius 1 is 1.20 bits per heavy atom. The molecule has 0 radical (unpaired) electrons. The molecule has 2 aliphatic rings. The molecule has 0 aromatic heterocycles. The van der Waals surface area contributed by atoms with E-state index in [0.717, 1.165) is 38.3 Å². The number of hydrogen-bond acceptors (Lipinski definition) is 2. The second-order valence-electron chi connectivity index (χ2n) is 5.86. The molecule has 5 heteroatoms. The zero-order valence-electron chi connectivity index (χ0n) is 11.5. The lowest BCUT2D eigenvalue weighted by Gasteiger charge is -2.33. The summed E-state index contributed by atoms with van der Waals surface area (Å²) in [5.41, 5.74) is 1.15. The van der Waals surface area contributed by atoms with E-state index in [0.29, 0.717) is 10.4 Å². The van der Waals surface area contributed by atoms with Crippen molar-refractivity contribution < 1.29 is 4.79 Å². The van der Waals surface area contributed by atoms with E-state index in [1.165, 1.54) is 12.8 Å². The standard InChI is InChI=1S/C15H20ClN3O/c16-12-1-3-13(4-2-12)18-14(20)19-10-7-15(11-19)5-8-17-9-6-15/h1-4,17H,5-11H2,(H,18,20). The van der Waals surface area contributed by atoms with Crippen molar-refractivity contribution in [3.8, 4) is 0 Å². The molecular formula is C15H20ClN3O. The van der Waals surface area contributed by atoms with Crippen molar-refractivity contribution in [3.05, 3.63) is 29.3 Å².